The molecule has 2 aromatic rings. The molecule has 1 aromatic heterocycles. The number of thioether (sulfide) groups is 1. The fourth-order valence-electron chi connectivity index (χ4n) is 4.99. The number of fused-ring (bicyclic) bond motifs is 2. The molecule has 3 aliphatic heterocycles. The van der Waals surface area contributed by atoms with Crippen molar-refractivity contribution >= 4 is 50.4 Å². The first kappa shape index (κ1) is 29.4. The predicted molar refractivity (Wildman–Crippen MR) is 146 cm³/mol. The van der Waals surface area contributed by atoms with Crippen LogP contribution in [-0.4, -0.2) is 87.1 Å². The van der Waals surface area contributed by atoms with Crippen molar-refractivity contribution in [1.82, 2.24) is 4.98 Å². The van der Waals surface area contributed by atoms with Crippen molar-refractivity contribution in [3.63, 3.8) is 0 Å². The Bertz CT molecular complexity index is 1330. The van der Waals surface area contributed by atoms with Crippen molar-refractivity contribution in [2.45, 2.75) is 19.3 Å². The van der Waals surface area contributed by atoms with E-state index in [9.17, 15) is 0 Å². The summed E-state index contributed by atoms with van der Waals surface area (Å²) in [4.78, 5) is 17.6. The second-order valence-corrected chi connectivity index (χ2v) is 13.1. The summed E-state index contributed by atoms with van der Waals surface area (Å²) in [5.74, 6) is 0. The highest BCUT2D eigenvalue weighted by atomic mass is 35.7. The topological polar surface area (TPSA) is 145 Å². The molecule has 0 amide bonds. The van der Waals surface area contributed by atoms with Crippen LogP contribution in [0.5, 0.6) is 0 Å². The number of rotatable bonds is 3. The van der Waals surface area contributed by atoms with Gasteiger partial charge in [-0.2, -0.15) is 0 Å². The van der Waals surface area contributed by atoms with Gasteiger partial charge in [-0.15, -0.1) is 10.2 Å². The maximum absolute atomic E-state index is 8.49. The molecule has 0 radical (unpaired) electrons. The number of amidine groups is 1. The van der Waals surface area contributed by atoms with Crippen molar-refractivity contribution in [2.24, 2.45) is 4.99 Å². The van der Waals surface area contributed by atoms with Crippen molar-refractivity contribution in [2.75, 3.05) is 76.5 Å². The molecule has 1 aromatic carbocycles. The third kappa shape index (κ3) is 6.22. The van der Waals surface area contributed by atoms with Gasteiger partial charge < -0.3 is 19.3 Å². The summed E-state index contributed by atoms with van der Waals surface area (Å²) in [5.41, 5.74) is 5.71. The molecule has 0 atom stereocenters. The van der Waals surface area contributed by atoms with E-state index >= 15 is 0 Å². The van der Waals surface area contributed by atoms with Gasteiger partial charge in [-0.3, -0.25) is 0 Å². The van der Waals surface area contributed by atoms with Gasteiger partial charge in [0.05, 0.1) is 47.3 Å². The normalized spacial score (nSPS) is 20.5. The van der Waals surface area contributed by atoms with E-state index in [0.29, 0.717) is 0 Å². The summed E-state index contributed by atoms with van der Waals surface area (Å²) in [7, 11) is -0.784. The van der Waals surface area contributed by atoms with E-state index in [1.165, 1.54) is 26.6 Å². The molecule has 0 spiro atoms. The van der Waals surface area contributed by atoms with Gasteiger partial charge in [0.25, 0.3) is 0 Å². The quantitative estimate of drug-likeness (QED) is 0.394. The van der Waals surface area contributed by atoms with Gasteiger partial charge in [-0.1, -0.05) is 23.5 Å². The number of benzene rings is 1. The molecule has 4 aliphatic rings. The molecule has 2 saturated heterocycles. The molecule has 0 N–H and O–H groups in total. The number of allylic oxidation sites excluding steroid dienone is 1. The number of morpholine rings is 2. The van der Waals surface area contributed by atoms with Crippen molar-refractivity contribution in [1.29, 1.82) is 0 Å². The molecule has 1 aliphatic carbocycles. The number of anilines is 2. The smallest absolute Gasteiger partial charge is 0.360 e. The van der Waals surface area contributed by atoms with Gasteiger partial charge in [0.15, 0.2) is 10.8 Å². The lowest BCUT2D eigenvalue weighted by Crippen LogP contribution is -2.68. The number of hydrogen-bond donors (Lipinski definition) is 0. The fraction of sp³-hybridized carbons (Fsp3) is 0.500. The lowest BCUT2D eigenvalue weighted by molar-refractivity contribution is -2.00. The Balaban J connectivity index is 0.000000595. The van der Waals surface area contributed by atoms with Crippen LogP contribution in [-0.2, 0) is 14.9 Å². The molecule has 0 bridgehead atoms. The Hall–Kier alpha value is -2.07. The second-order valence-electron chi connectivity index (χ2n) is 10.4. The number of halogens is 1. The first-order valence-corrected chi connectivity index (χ1v) is 15.8. The Labute approximate surface area is 243 Å². The van der Waals surface area contributed by atoms with Gasteiger partial charge in [0.2, 0.25) is 0 Å². The third-order valence-corrected chi connectivity index (χ3v) is 9.37. The van der Waals surface area contributed by atoms with Gasteiger partial charge in [-0.05, 0) is 36.5 Å². The SMILES string of the molecule is CN(C)c1ccc(C2=C3SC(=[N+]4CCOCC4)N=C3C(C)(C)c3nc(N4CCOCC4)sc32)cc1.[O-][Cl+3]([O-])([O-])[O-]. The Morgan fingerprint density at radius 3 is 2.17 bits per heavy atom. The summed E-state index contributed by atoms with van der Waals surface area (Å²) >= 11 is 3.65. The minimum absolute atomic E-state index is 0.264. The lowest BCUT2D eigenvalue weighted by Gasteiger charge is -2.28. The van der Waals surface area contributed by atoms with Gasteiger partial charge in [0.1, 0.15) is 13.1 Å². The van der Waals surface area contributed by atoms with Gasteiger partial charge in [0, 0.05) is 50.2 Å². The molecule has 0 unspecified atom stereocenters. The summed E-state index contributed by atoms with van der Waals surface area (Å²) < 4.78 is 47.5. The van der Waals surface area contributed by atoms with Gasteiger partial charge >= 0.3 is 5.17 Å². The highest BCUT2D eigenvalue weighted by Gasteiger charge is 2.50. The lowest BCUT2D eigenvalue weighted by atomic mass is 9.76. The highest BCUT2D eigenvalue weighted by Crippen LogP contribution is 2.52. The molecule has 2 fully saturated rings. The zero-order valence-corrected chi connectivity index (χ0v) is 25.2. The zero-order valence-electron chi connectivity index (χ0n) is 22.8. The molecular weight excluding hydrogens is 578 g/mol. The standard InChI is InChI=1S/C26H32N5O2S2.ClHO4/c1-26(2)22-20(34-24(27-22)30-9-13-32-14-10-30)19(17-5-7-18(8-6-17)29(3)4)21-23(26)28-25(35-21)31-11-15-33-16-12-31;2-1(3,4)5/h5-8H,9-16H2,1-4H3;(H,2,3,4,5)/q+1;/p-1. The van der Waals surface area contributed by atoms with E-state index in [0.717, 1.165) is 74.3 Å². The molecule has 4 heterocycles. The summed E-state index contributed by atoms with van der Waals surface area (Å²) in [6, 6.07) is 8.90. The van der Waals surface area contributed by atoms with Crippen LogP contribution in [0.3, 0.4) is 0 Å². The van der Waals surface area contributed by atoms with E-state index in [4.69, 9.17) is 38.1 Å². The fourth-order valence-corrected chi connectivity index (χ4v) is 7.75. The zero-order chi connectivity index (χ0) is 28.7. The number of aliphatic imine (C=N–C) groups is 1. The number of aromatic nitrogens is 1. The van der Waals surface area contributed by atoms with Crippen LogP contribution in [0.4, 0.5) is 10.8 Å². The summed E-state index contributed by atoms with van der Waals surface area (Å²) in [5, 5.41) is 2.19. The molecule has 11 nitrogen and oxygen atoms in total. The molecule has 216 valence electrons. The second kappa shape index (κ2) is 11.7. The highest BCUT2D eigenvalue weighted by molar-refractivity contribution is 8.18. The molecule has 14 heteroatoms. The number of nitrogens with zero attached hydrogens (tertiary/aromatic N) is 5. The Kier molecular flexibility index (Phi) is 8.58. The van der Waals surface area contributed by atoms with Crippen LogP contribution in [0.1, 0.15) is 30.0 Å². The van der Waals surface area contributed by atoms with E-state index in [1.807, 2.05) is 23.1 Å². The minimum Gasteiger partial charge on any atom is -0.378 e. The van der Waals surface area contributed by atoms with E-state index in [2.05, 4.69) is 66.6 Å². The van der Waals surface area contributed by atoms with Crippen LogP contribution in [0.15, 0.2) is 34.2 Å². The van der Waals surface area contributed by atoms with Gasteiger partial charge in [-0.25, -0.2) is 28.2 Å². The first-order valence-electron chi connectivity index (χ1n) is 12.9. The van der Waals surface area contributed by atoms with Crippen LogP contribution in [0.25, 0.3) is 5.57 Å². The number of hydrogen-bond acceptors (Lipinski definition) is 11. The monoisotopic (exact) mass is 609 g/mol. The maximum atomic E-state index is 8.49. The molecular formula is C26H32ClN5O6S2. The van der Waals surface area contributed by atoms with Crippen LogP contribution in [0.2, 0.25) is 0 Å². The predicted octanol–water partition coefficient (Wildman–Crippen LogP) is -1.07. The summed E-state index contributed by atoms with van der Waals surface area (Å²) in [6.45, 7) is 11.2. The van der Waals surface area contributed by atoms with E-state index in [1.54, 1.807) is 0 Å². The minimum atomic E-state index is -4.94. The summed E-state index contributed by atoms with van der Waals surface area (Å²) in [6.07, 6.45) is 0. The molecule has 6 rings (SSSR count). The molecule has 0 saturated carbocycles. The molecule has 40 heavy (non-hydrogen) atoms. The van der Waals surface area contributed by atoms with E-state index in [-0.39, 0.29) is 5.41 Å². The average Bonchev–Trinajstić information content (AvgIpc) is 3.56. The van der Waals surface area contributed by atoms with Crippen molar-refractivity contribution in [3.8, 4) is 0 Å². The first-order chi connectivity index (χ1) is 18.9. The largest absolute Gasteiger partial charge is 0.378 e. The van der Waals surface area contributed by atoms with Crippen LogP contribution >= 0.6 is 23.1 Å². The Morgan fingerprint density at radius 1 is 0.975 bits per heavy atom. The number of thiazole rings is 1. The average molecular weight is 610 g/mol. The van der Waals surface area contributed by atoms with Crippen LogP contribution in [0, 0.1) is 10.2 Å². The number of ether oxygens (including phenoxy) is 2. The van der Waals surface area contributed by atoms with Crippen molar-refractivity contribution in [3.05, 3.63) is 45.3 Å². The Morgan fingerprint density at radius 2 is 1.57 bits per heavy atom. The van der Waals surface area contributed by atoms with E-state index < -0.39 is 10.2 Å². The maximum Gasteiger partial charge on any atom is 0.360 e. The van der Waals surface area contributed by atoms with Crippen LogP contribution < -0.4 is 28.4 Å². The van der Waals surface area contributed by atoms with Crippen molar-refractivity contribution < 1.29 is 42.9 Å². The third-order valence-electron chi connectivity index (χ3n) is 7.11.